The maximum Gasteiger partial charge on any atom is 0.313 e. The lowest BCUT2D eigenvalue weighted by atomic mass is 9.82. The molecule has 0 aliphatic carbocycles. The quantitative estimate of drug-likeness (QED) is 0.708. The topological polar surface area (TPSA) is 70.8 Å². The molecular weight excluding hydrogens is 270 g/mol. The second-order valence-electron chi connectivity index (χ2n) is 4.81. The molecule has 21 heavy (non-hydrogen) atoms. The second kappa shape index (κ2) is 8.52. The van der Waals surface area contributed by atoms with Gasteiger partial charge < -0.3 is 19.9 Å². The zero-order valence-corrected chi connectivity index (χ0v) is 13.1. The van der Waals surface area contributed by atoms with Gasteiger partial charge in [-0.05, 0) is 31.9 Å². The maximum atomic E-state index is 12.1. The highest BCUT2D eigenvalue weighted by Crippen LogP contribution is 2.30. The Bertz CT molecular complexity index is 444. The van der Waals surface area contributed by atoms with Crippen LogP contribution in [0.4, 0.5) is 0 Å². The minimum Gasteiger partial charge on any atom is -0.493 e. The second-order valence-corrected chi connectivity index (χ2v) is 4.81. The van der Waals surface area contributed by atoms with E-state index in [2.05, 4.69) is 0 Å². The molecule has 0 heterocycles. The summed E-state index contributed by atoms with van der Waals surface area (Å²) in [7, 11) is 1.59. The summed E-state index contributed by atoms with van der Waals surface area (Å²) in [5.74, 6) is 1.08. The molecule has 1 atom stereocenters. The first-order chi connectivity index (χ1) is 10.1. The van der Waals surface area contributed by atoms with Gasteiger partial charge >= 0.3 is 5.97 Å². The van der Waals surface area contributed by atoms with Crippen LogP contribution in [-0.4, -0.2) is 32.8 Å². The van der Waals surface area contributed by atoms with Gasteiger partial charge in [-0.1, -0.05) is 19.1 Å². The monoisotopic (exact) mass is 295 g/mol. The van der Waals surface area contributed by atoms with Gasteiger partial charge in [0.2, 0.25) is 0 Å². The van der Waals surface area contributed by atoms with Crippen molar-refractivity contribution in [2.75, 3.05) is 26.9 Å². The van der Waals surface area contributed by atoms with E-state index in [0.717, 1.165) is 0 Å². The van der Waals surface area contributed by atoms with Crippen LogP contribution in [0.5, 0.6) is 11.5 Å². The molecule has 1 aromatic carbocycles. The summed E-state index contributed by atoms with van der Waals surface area (Å²) in [6, 6.07) is 7.41. The van der Waals surface area contributed by atoms with Crippen molar-refractivity contribution in [2.45, 2.75) is 26.7 Å². The number of benzene rings is 1. The smallest absolute Gasteiger partial charge is 0.313 e. The number of nitrogens with two attached hydrogens (primary N) is 1. The van der Waals surface area contributed by atoms with Gasteiger partial charge in [0.1, 0.15) is 0 Å². The lowest BCUT2D eigenvalue weighted by Gasteiger charge is -2.28. The Morgan fingerprint density at radius 3 is 2.43 bits per heavy atom. The van der Waals surface area contributed by atoms with E-state index in [-0.39, 0.29) is 12.5 Å². The third-order valence-corrected chi connectivity index (χ3v) is 3.68. The standard InChI is InChI=1S/C16H25NO4/c1-4-16(12-17,15(18)20-5-2)10-11-21-14-9-7-6-8-13(14)19-3/h6-9H,4-5,10-12,17H2,1-3H3. The molecule has 0 aliphatic rings. The van der Waals surface area contributed by atoms with Gasteiger partial charge in [0.05, 0.1) is 25.7 Å². The number of esters is 1. The highest BCUT2D eigenvalue weighted by molar-refractivity contribution is 5.77. The predicted octanol–water partition coefficient (Wildman–Crippen LogP) is 2.38. The van der Waals surface area contributed by atoms with Crippen LogP contribution < -0.4 is 15.2 Å². The molecule has 1 aromatic rings. The number of para-hydroxylation sites is 2. The third kappa shape index (κ3) is 4.36. The van der Waals surface area contributed by atoms with E-state index >= 15 is 0 Å². The first-order valence-electron chi connectivity index (χ1n) is 7.26. The molecule has 0 saturated heterocycles. The number of hydrogen-bond donors (Lipinski definition) is 1. The minimum atomic E-state index is -0.683. The molecule has 0 fully saturated rings. The van der Waals surface area contributed by atoms with Crippen molar-refractivity contribution in [2.24, 2.45) is 11.1 Å². The summed E-state index contributed by atoms with van der Waals surface area (Å²) in [6.07, 6.45) is 1.13. The minimum absolute atomic E-state index is 0.248. The average Bonchev–Trinajstić information content (AvgIpc) is 2.52. The third-order valence-electron chi connectivity index (χ3n) is 3.68. The largest absolute Gasteiger partial charge is 0.493 e. The van der Waals surface area contributed by atoms with Crippen molar-refractivity contribution < 1.29 is 19.0 Å². The Kier molecular flexibility index (Phi) is 7.02. The molecule has 0 aromatic heterocycles. The zero-order valence-electron chi connectivity index (χ0n) is 13.1. The molecule has 2 N–H and O–H groups in total. The number of carbonyl (C=O) groups is 1. The van der Waals surface area contributed by atoms with Gasteiger partial charge in [0, 0.05) is 6.54 Å². The fraction of sp³-hybridized carbons (Fsp3) is 0.562. The van der Waals surface area contributed by atoms with Gasteiger partial charge in [-0.2, -0.15) is 0 Å². The first kappa shape index (κ1) is 17.3. The Hall–Kier alpha value is -1.75. The van der Waals surface area contributed by atoms with E-state index in [1.807, 2.05) is 31.2 Å². The van der Waals surface area contributed by atoms with E-state index in [4.69, 9.17) is 19.9 Å². The Balaban J connectivity index is 2.68. The van der Waals surface area contributed by atoms with Crippen molar-refractivity contribution in [1.82, 2.24) is 0 Å². The molecule has 0 radical (unpaired) electrons. The summed E-state index contributed by atoms with van der Waals surface area (Å²) in [4.78, 5) is 12.1. The highest BCUT2D eigenvalue weighted by Gasteiger charge is 2.36. The fourth-order valence-electron chi connectivity index (χ4n) is 2.13. The summed E-state index contributed by atoms with van der Waals surface area (Å²) in [5, 5.41) is 0. The highest BCUT2D eigenvalue weighted by atomic mass is 16.5. The Morgan fingerprint density at radius 2 is 1.90 bits per heavy atom. The molecular formula is C16H25NO4. The number of carbonyl (C=O) groups excluding carboxylic acids is 1. The van der Waals surface area contributed by atoms with E-state index in [9.17, 15) is 4.79 Å². The normalized spacial score (nSPS) is 13.3. The molecule has 5 nitrogen and oxygen atoms in total. The van der Waals surface area contributed by atoms with Crippen molar-refractivity contribution in [3.8, 4) is 11.5 Å². The van der Waals surface area contributed by atoms with Crippen LogP contribution in [0.1, 0.15) is 26.7 Å². The SMILES string of the molecule is CCOC(=O)C(CC)(CN)CCOc1ccccc1OC. The van der Waals surface area contributed by atoms with Crippen LogP contribution in [0.25, 0.3) is 0 Å². The lowest BCUT2D eigenvalue weighted by molar-refractivity contribution is -0.156. The van der Waals surface area contributed by atoms with Crippen LogP contribution >= 0.6 is 0 Å². The summed E-state index contributed by atoms with van der Waals surface area (Å²) in [5.41, 5.74) is 5.12. The van der Waals surface area contributed by atoms with E-state index < -0.39 is 5.41 Å². The summed E-state index contributed by atoms with van der Waals surface area (Å²) >= 11 is 0. The average molecular weight is 295 g/mol. The van der Waals surface area contributed by atoms with Gasteiger partial charge in [0.25, 0.3) is 0 Å². The molecule has 0 spiro atoms. The molecule has 0 amide bonds. The number of rotatable bonds is 9. The van der Waals surface area contributed by atoms with Crippen molar-refractivity contribution in [3.63, 3.8) is 0 Å². The van der Waals surface area contributed by atoms with Crippen molar-refractivity contribution in [3.05, 3.63) is 24.3 Å². The molecule has 5 heteroatoms. The molecule has 118 valence electrons. The van der Waals surface area contributed by atoms with Gasteiger partial charge in [-0.15, -0.1) is 0 Å². The molecule has 1 unspecified atom stereocenters. The van der Waals surface area contributed by atoms with Crippen LogP contribution in [0.3, 0.4) is 0 Å². The Morgan fingerprint density at radius 1 is 1.24 bits per heavy atom. The van der Waals surface area contributed by atoms with Crippen molar-refractivity contribution >= 4 is 5.97 Å². The van der Waals surface area contributed by atoms with Crippen LogP contribution in [0.15, 0.2) is 24.3 Å². The summed E-state index contributed by atoms with van der Waals surface area (Å²) in [6.45, 7) is 4.71. The summed E-state index contributed by atoms with van der Waals surface area (Å²) < 4.78 is 16.1. The van der Waals surface area contributed by atoms with Crippen LogP contribution in [0.2, 0.25) is 0 Å². The molecule has 0 aliphatic heterocycles. The van der Waals surface area contributed by atoms with Crippen LogP contribution in [-0.2, 0) is 9.53 Å². The van der Waals surface area contributed by atoms with E-state index in [0.29, 0.717) is 37.6 Å². The molecule has 0 saturated carbocycles. The Labute approximate surface area is 126 Å². The number of ether oxygens (including phenoxy) is 3. The fourth-order valence-corrected chi connectivity index (χ4v) is 2.13. The number of methoxy groups -OCH3 is 1. The number of hydrogen-bond acceptors (Lipinski definition) is 5. The van der Waals surface area contributed by atoms with Gasteiger partial charge in [-0.25, -0.2) is 0 Å². The predicted molar refractivity (Wildman–Crippen MR) is 81.5 cm³/mol. The van der Waals surface area contributed by atoms with Gasteiger partial charge in [0.15, 0.2) is 11.5 Å². The molecule has 0 bridgehead atoms. The molecule has 1 rings (SSSR count). The van der Waals surface area contributed by atoms with Gasteiger partial charge in [-0.3, -0.25) is 4.79 Å². The lowest BCUT2D eigenvalue weighted by Crippen LogP contribution is -2.40. The first-order valence-corrected chi connectivity index (χ1v) is 7.26. The van der Waals surface area contributed by atoms with Crippen molar-refractivity contribution in [1.29, 1.82) is 0 Å². The maximum absolute atomic E-state index is 12.1. The van der Waals surface area contributed by atoms with E-state index in [1.165, 1.54) is 0 Å². The van der Waals surface area contributed by atoms with Crippen LogP contribution in [0, 0.1) is 5.41 Å². The van der Waals surface area contributed by atoms with E-state index in [1.54, 1.807) is 14.0 Å². The zero-order chi connectivity index (χ0) is 15.7.